The summed E-state index contributed by atoms with van der Waals surface area (Å²) in [6, 6.07) is 0.320. The summed E-state index contributed by atoms with van der Waals surface area (Å²) in [5.41, 5.74) is 0. The minimum absolute atomic E-state index is 0.243. The number of hydrogen-bond donors (Lipinski definition) is 2. The molecule has 0 spiro atoms. The van der Waals surface area contributed by atoms with Gasteiger partial charge in [-0.3, -0.25) is 9.79 Å². The van der Waals surface area contributed by atoms with Crippen molar-refractivity contribution in [2.75, 3.05) is 26.7 Å². The first kappa shape index (κ1) is 15.8. The number of nitrogens with zero attached hydrogens (tertiary/aromatic N) is 2. The zero-order valence-corrected chi connectivity index (χ0v) is 12.7. The van der Waals surface area contributed by atoms with E-state index < -0.39 is 0 Å². The van der Waals surface area contributed by atoms with Gasteiger partial charge in [0.15, 0.2) is 5.96 Å². The Morgan fingerprint density at radius 1 is 1.47 bits per heavy atom. The van der Waals surface area contributed by atoms with E-state index in [-0.39, 0.29) is 5.91 Å². The summed E-state index contributed by atoms with van der Waals surface area (Å²) in [6.45, 7) is 8.91. The van der Waals surface area contributed by atoms with Crippen LogP contribution < -0.4 is 10.6 Å². The molecule has 5 nitrogen and oxygen atoms in total. The summed E-state index contributed by atoms with van der Waals surface area (Å²) >= 11 is 0. The Morgan fingerprint density at radius 2 is 2.21 bits per heavy atom. The van der Waals surface area contributed by atoms with Gasteiger partial charge in [0, 0.05) is 39.1 Å². The third-order valence-corrected chi connectivity index (χ3v) is 3.42. The quantitative estimate of drug-likeness (QED) is 0.582. The Balaban J connectivity index is 2.31. The molecule has 1 aliphatic heterocycles. The third-order valence-electron chi connectivity index (χ3n) is 3.42. The summed E-state index contributed by atoms with van der Waals surface area (Å²) < 4.78 is 0. The SMILES string of the molecule is CCC(=O)N1CCC(NC(=NC)NCCC(C)C)C1. The average molecular weight is 268 g/mol. The van der Waals surface area contributed by atoms with E-state index in [0.717, 1.165) is 38.4 Å². The van der Waals surface area contributed by atoms with Crippen LogP contribution in [-0.2, 0) is 4.79 Å². The highest BCUT2D eigenvalue weighted by Crippen LogP contribution is 2.10. The molecule has 1 heterocycles. The van der Waals surface area contributed by atoms with Gasteiger partial charge < -0.3 is 15.5 Å². The van der Waals surface area contributed by atoms with Crippen LogP contribution in [0.5, 0.6) is 0 Å². The highest BCUT2D eigenvalue weighted by Gasteiger charge is 2.25. The number of nitrogens with one attached hydrogen (secondary N) is 2. The fourth-order valence-electron chi connectivity index (χ4n) is 2.20. The minimum Gasteiger partial charge on any atom is -0.356 e. The van der Waals surface area contributed by atoms with Gasteiger partial charge in [-0.15, -0.1) is 0 Å². The van der Waals surface area contributed by atoms with Crippen LogP contribution >= 0.6 is 0 Å². The second kappa shape index (κ2) is 8.02. The molecule has 0 aromatic carbocycles. The molecule has 0 aromatic rings. The molecule has 0 bridgehead atoms. The van der Waals surface area contributed by atoms with Gasteiger partial charge in [0.2, 0.25) is 5.91 Å². The monoisotopic (exact) mass is 268 g/mol. The maximum atomic E-state index is 11.6. The molecular weight excluding hydrogens is 240 g/mol. The van der Waals surface area contributed by atoms with Crippen LogP contribution in [0.25, 0.3) is 0 Å². The molecule has 0 saturated carbocycles. The Bertz CT molecular complexity index is 315. The lowest BCUT2D eigenvalue weighted by Gasteiger charge is -2.19. The van der Waals surface area contributed by atoms with E-state index in [2.05, 4.69) is 29.5 Å². The number of carbonyl (C=O) groups excluding carboxylic acids is 1. The van der Waals surface area contributed by atoms with E-state index in [4.69, 9.17) is 0 Å². The van der Waals surface area contributed by atoms with Crippen LogP contribution in [0.2, 0.25) is 0 Å². The lowest BCUT2D eigenvalue weighted by atomic mass is 10.1. The van der Waals surface area contributed by atoms with Gasteiger partial charge >= 0.3 is 0 Å². The lowest BCUT2D eigenvalue weighted by molar-refractivity contribution is -0.129. The van der Waals surface area contributed by atoms with Gasteiger partial charge in [0.25, 0.3) is 0 Å². The van der Waals surface area contributed by atoms with Gasteiger partial charge in [-0.25, -0.2) is 0 Å². The zero-order chi connectivity index (χ0) is 14.3. The van der Waals surface area contributed by atoms with Crippen LogP contribution in [0.15, 0.2) is 4.99 Å². The van der Waals surface area contributed by atoms with Crippen molar-refractivity contribution in [1.82, 2.24) is 15.5 Å². The fraction of sp³-hybridized carbons (Fsp3) is 0.857. The molecular formula is C14H28N4O. The van der Waals surface area contributed by atoms with Crippen LogP contribution in [-0.4, -0.2) is 49.5 Å². The Kier molecular flexibility index (Phi) is 6.67. The molecule has 2 N–H and O–H groups in total. The summed E-state index contributed by atoms with van der Waals surface area (Å²) in [5.74, 6) is 1.78. The van der Waals surface area contributed by atoms with Crippen molar-refractivity contribution in [3.8, 4) is 0 Å². The second-order valence-electron chi connectivity index (χ2n) is 5.50. The predicted molar refractivity (Wildman–Crippen MR) is 79.2 cm³/mol. The van der Waals surface area contributed by atoms with E-state index >= 15 is 0 Å². The first-order valence-electron chi connectivity index (χ1n) is 7.31. The van der Waals surface area contributed by atoms with Crippen molar-refractivity contribution < 1.29 is 4.79 Å². The summed E-state index contributed by atoms with van der Waals surface area (Å²) in [5, 5.41) is 6.71. The Hall–Kier alpha value is -1.26. The largest absolute Gasteiger partial charge is 0.356 e. The van der Waals surface area contributed by atoms with Gasteiger partial charge in [0.05, 0.1) is 0 Å². The molecule has 0 radical (unpaired) electrons. The van der Waals surface area contributed by atoms with Gasteiger partial charge in [0.1, 0.15) is 0 Å². The van der Waals surface area contributed by atoms with Crippen molar-refractivity contribution in [2.45, 2.75) is 46.1 Å². The molecule has 1 fully saturated rings. The van der Waals surface area contributed by atoms with Crippen molar-refractivity contribution >= 4 is 11.9 Å². The molecule has 1 unspecified atom stereocenters. The topological polar surface area (TPSA) is 56.7 Å². The average Bonchev–Trinajstić information content (AvgIpc) is 2.84. The van der Waals surface area contributed by atoms with Crippen LogP contribution in [0.3, 0.4) is 0 Å². The molecule has 1 saturated heterocycles. The Labute approximate surface area is 116 Å². The van der Waals surface area contributed by atoms with Crippen LogP contribution in [0, 0.1) is 5.92 Å². The summed E-state index contributed by atoms with van der Waals surface area (Å²) in [6.07, 6.45) is 2.72. The van der Waals surface area contributed by atoms with Crippen molar-refractivity contribution in [3.63, 3.8) is 0 Å². The first-order valence-corrected chi connectivity index (χ1v) is 7.31. The second-order valence-corrected chi connectivity index (χ2v) is 5.50. The lowest BCUT2D eigenvalue weighted by Crippen LogP contribution is -2.45. The van der Waals surface area contributed by atoms with Crippen molar-refractivity contribution in [2.24, 2.45) is 10.9 Å². The number of hydrogen-bond acceptors (Lipinski definition) is 2. The highest BCUT2D eigenvalue weighted by atomic mass is 16.2. The van der Waals surface area contributed by atoms with Crippen molar-refractivity contribution in [1.29, 1.82) is 0 Å². The van der Waals surface area contributed by atoms with Gasteiger partial charge in [-0.1, -0.05) is 20.8 Å². The van der Waals surface area contributed by atoms with Gasteiger partial charge in [-0.05, 0) is 18.8 Å². The van der Waals surface area contributed by atoms with E-state index in [0.29, 0.717) is 18.4 Å². The van der Waals surface area contributed by atoms with Crippen LogP contribution in [0.4, 0.5) is 0 Å². The van der Waals surface area contributed by atoms with E-state index in [1.165, 1.54) is 0 Å². The highest BCUT2D eigenvalue weighted by molar-refractivity contribution is 5.80. The molecule has 1 amide bonds. The fourth-order valence-corrected chi connectivity index (χ4v) is 2.20. The molecule has 1 aliphatic rings. The predicted octanol–water partition coefficient (Wildman–Crippen LogP) is 1.21. The maximum Gasteiger partial charge on any atom is 0.222 e. The molecule has 0 aromatic heterocycles. The maximum absolute atomic E-state index is 11.6. The number of aliphatic imine (C=N–C) groups is 1. The minimum atomic E-state index is 0.243. The van der Waals surface area contributed by atoms with E-state index in [1.54, 1.807) is 7.05 Å². The Morgan fingerprint density at radius 3 is 2.79 bits per heavy atom. The molecule has 1 atom stereocenters. The number of guanidine groups is 1. The van der Waals surface area contributed by atoms with Gasteiger partial charge in [-0.2, -0.15) is 0 Å². The number of rotatable bonds is 5. The molecule has 5 heteroatoms. The zero-order valence-electron chi connectivity index (χ0n) is 12.7. The standard InChI is InChI=1S/C14H28N4O/c1-5-13(19)18-9-7-12(10-18)17-14(15-4)16-8-6-11(2)3/h11-12H,5-10H2,1-4H3,(H2,15,16,17). The first-order chi connectivity index (χ1) is 9.06. The number of amides is 1. The van der Waals surface area contributed by atoms with E-state index in [1.807, 2.05) is 11.8 Å². The molecule has 0 aliphatic carbocycles. The van der Waals surface area contributed by atoms with E-state index in [9.17, 15) is 4.79 Å². The normalized spacial score (nSPS) is 19.9. The molecule has 110 valence electrons. The summed E-state index contributed by atoms with van der Waals surface area (Å²) in [7, 11) is 1.79. The van der Waals surface area contributed by atoms with Crippen LogP contribution in [0.1, 0.15) is 40.0 Å². The molecule has 1 rings (SSSR count). The smallest absolute Gasteiger partial charge is 0.222 e. The number of likely N-dealkylation sites (tertiary alicyclic amines) is 1. The number of carbonyl (C=O) groups is 1. The molecule has 19 heavy (non-hydrogen) atoms. The third kappa shape index (κ3) is 5.49. The van der Waals surface area contributed by atoms with Crippen molar-refractivity contribution in [3.05, 3.63) is 0 Å². The summed E-state index contributed by atoms with van der Waals surface area (Å²) in [4.78, 5) is 17.8.